The van der Waals surface area contributed by atoms with Gasteiger partial charge in [-0.15, -0.1) is 0 Å². The third-order valence-corrected chi connectivity index (χ3v) is 6.49. The van der Waals surface area contributed by atoms with E-state index in [9.17, 15) is 14.4 Å². The summed E-state index contributed by atoms with van der Waals surface area (Å²) in [5.74, 6) is 0.625. The molecule has 0 bridgehead atoms. The molecule has 38 heavy (non-hydrogen) atoms. The molecule has 2 rings (SSSR count). The van der Waals surface area contributed by atoms with Gasteiger partial charge in [0.25, 0.3) is 5.91 Å². The third-order valence-electron chi connectivity index (χ3n) is 5.84. The first kappa shape index (κ1) is 31.0. The number of anilines is 1. The normalized spacial score (nSPS) is 12.7. The molecular weight excluding hydrogens is 502 g/mol. The third kappa shape index (κ3) is 9.28. The molecule has 2 atom stereocenters. The van der Waals surface area contributed by atoms with E-state index in [0.29, 0.717) is 29.2 Å². The molecule has 0 aromatic heterocycles. The summed E-state index contributed by atoms with van der Waals surface area (Å²) in [7, 11) is 1.58. The lowest BCUT2D eigenvalue weighted by atomic mass is 10.00. The maximum absolute atomic E-state index is 13.9. The average molecular weight is 544 g/mol. The second-order valence-corrected chi connectivity index (χ2v) is 10.8. The van der Waals surface area contributed by atoms with Crippen LogP contribution in [0, 0.1) is 0 Å². The van der Waals surface area contributed by atoms with Crippen LogP contribution in [0.1, 0.15) is 58.2 Å². The summed E-state index contributed by atoms with van der Waals surface area (Å²) in [4.78, 5) is 41.7. The van der Waals surface area contributed by atoms with Crippen molar-refractivity contribution in [3.05, 3.63) is 59.7 Å². The van der Waals surface area contributed by atoms with Gasteiger partial charge in [0.15, 0.2) is 0 Å². The Labute approximate surface area is 230 Å². The second kappa shape index (κ2) is 14.7. The Morgan fingerprint density at radius 1 is 1.00 bits per heavy atom. The van der Waals surface area contributed by atoms with E-state index in [4.69, 9.17) is 9.47 Å². The largest absolute Gasteiger partial charge is 0.497 e. The monoisotopic (exact) mass is 543 g/mol. The van der Waals surface area contributed by atoms with Crippen LogP contribution in [0.5, 0.6) is 5.75 Å². The summed E-state index contributed by atoms with van der Waals surface area (Å²) in [6, 6.07) is 12.9. The van der Waals surface area contributed by atoms with Crippen LogP contribution in [0.2, 0.25) is 0 Å². The maximum Gasteiger partial charge on any atom is 0.408 e. The van der Waals surface area contributed by atoms with Crippen LogP contribution in [0.3, 0.4) is 0 Å². The SMILES string of the molecule is CCc1ccc(C(C(=O)Nc2ccc(OC)cc2)N(CC)C(=O)C(CCSC)NC(=O)OC(C)(C)C)cc1. The van der Waals surface area contributed by atoms with E-state index in [0.717, 1.165) is 12.0 Å². The number of nitrogens with zero attached hydrogens (tertiary/aromatic N) is 1. The molecule has 0 fully saturated rings. The van der Waals surface area contributed by atoms with E-state index in [2.05, 4.69) is 17.6 Å². The predicted octanol–water partition coefficient (Wildman–Crippen LogP) is 5.43. The van der Waals surface area contributed by atoms with Crippen molar-refractivity contribution >= 4 is 35.4 Å². The van der Waals surface area contributed by atoms with Crippen LogP contribution in [0.25, 0.3) is 0 Å². The Bertz CT molecular complexity index is 1050. The maximum atomic E-state index is 13.9. The van der Waals surface area contributed by atoms with Crippen molar-refractivity contribution in [1.82, 2.24) is 10.2 Å². The van der Waals surface area contributed by atoms with Crippen LogP contribution < -0.4 is 15.4 Å². The molecule has 9 heteroatoms. The van der Waals surface area contributed by atoms with Crippen LogP contribution in [0.15, 0.2) is 48.5 Å². The molecule has 0 aliphatic heterocycles. The highest BCUT2D eigenvalue weighted by molar-refractivity contribution is 7.98. The lowest BCUT2D eigenvalue weighted by Crippen LogP contribution is -2.52. The molecule has 0 saturated heterocycles. The van der Waals surface area contributed by atoms with Crippen molar-refractivity contribution < 1.29 is 23.9 Å². The minimum absolute atomic E-state index is 0.265. The van der Waals surface area contributed by atoms with E-state index < -0.39 is 23.8 Å². The Morgan fingerprint density at radius 3 is 2.13 bits per heavy atom. The fourth-order valence-corrected chi connectivity index (χ4v) is 4.37. The highest BCUT2D eigenvalue weighted by atomic mass is 32.2. The molecule has 0 heterocycles. The van der Waals surface area contributed by atoms with Gasteiger partial charge in [-0.25, -0.2) is 4.79 Å². The summed E-state index contributed by atoms with van der Waals surface area (Å²) in [5.41, 5.74) is 1.69. The van der Waals surface area contributed by atoms with Crippen LogP contribution in [-0.4, -0.2) is 60.1 Å². The van der Waals surface area contributed by atoms with Gasteiger partial charge in [-0.1, -0.05) is 31.2 Å². The van der Waals surface area contributed by atoms with Gasteiger partial charge in [0.1, 0.15) is 23.4 Å². The number of aryl methyl sites for hydroxylation is 1. The molecule has 0 spiro atoms. The summed E-state index contributed by atoms with van der Waals surface area (Å²) in [6.45, 7) is 9.45. The van der Waals surface area contributed by atoms with E-state index >= 15 is 0 Å². The zero-order valence-corrected chi connectivity index (χ0v) is 24.3. The molecule has 0 aliphatic carbocycles. The van der Waals surface area contributed by atoms with Crippen molar-refractivity contribution in [3.8, 4) is 5.75 Å². The number of hydrogen-bond acceptors (Lipinski definition) is 6. The van der Waals surface area contributed by atoms with E-state index in [1.807, 2.05) is 37.4 Å². The van der Waals surface area contributed by atoms with Crippen LogP contribution >= 0.6 is 11.8 Å². The summed E-state index contributed by atoms with van der Waals surface area (Å²) >= 11 is 1.57. The first-order valence-corrected chi connectivity index (χ1v) is 14.2. The van der Waals surface area contributed by atoms with Crippen LogP contribution in [0.4, 0.5) is 10.5 Å². The molecule has 208 valence electrons. The number of hydrogen-bond donors (Lipinski definition) is 2. The Hall–Kier alpha value is -3.20. The highest BCUT2D eigenvalue weighted by Crippen LogP contribution is 2.26. The number of alkyl carbamates (subject to hydrolysis) is 1. The predicted molar refractivity (Wildman–Crippen MR) is 154 cm³/mol. The number of thioether (sulfide) groups is 1. The number of likely N-dealkylation sites (N-methyl/N-ethyl adjacent to an activating group) is 1. The number of amides is 3. The number of methoxy groups -OCH3 is 1. The topological polar surface area (TPSA) is 97.0 Å². The Balaban J connectivity index is 2.42. The molecule has 0 aliphatic rings. The molecular formula is C29H41N3O5S. The zero-order chi connectivity index (χ0) is 28.3. The van der Waals surface area contributed by atoms with Gasteiger partial charge >= 0.3 is 6.09 Å². The lowest BCUT2D eigenvalue weighted by Gasteiger charge is -2.33. The van der Waals surface area contributed by atoms with Gasteiger partial charge in [-0.05, 0) is 87.9 Å². The second-order valence-electron chi connectivity index (χ2n) is 9.82. The number of nitrogens with one attached hydrogen (secondary N) is 2. The molecule has 2 aromatic carbocycles. The number of carbonyl (C=O) groups excluding carboxylic acids is 3. The van der Waals surface area contributed by atoms with E-state index in [1.165, 1.54) is 4.90 Å². The number of benzene rings is 2. The standard InChI is InChI=1S/C29H41N3O5S/c1-8-20-10-12-21(13-11-20)25(26(33)30-22-14-16-23(36-6)17-15-22)32(9-2)27(34)24(18-19-38-7)31-28(35)37-29(3,4)5/h10-17,24-25H,8-9,18-19H2,1-7H3,(H,30,33)(H,31,35). The lowest BCUT2D eigenvalue weighted by molar-refractivity contribution is -0.140. The van der Waals surface area contributed by atoms with Gasteiger partial charge in [0.2, 0.25) is 5.91 Å². The first-order chi connectivity index (χ1) is 18.0. The van der Waals surface area contributed by atoms with Gasteiger partial charge in [0.05, 0.1) is 7.11 Å². The molecule has 0 saturated carbocycles. The van der Waals surface area contributed by atoms with Crippen LogP contribution in [-0.2, 0) is 20.7 Å². The molecule has 2 unspecified atom stereocenters. The quantitative estimate of drug-likeness (QED) is 0.370. The highest BCUT2D eigenvalue weighted by Gasteiger charge is 2.35. The molecule has 3 amide bonds. The molecule has 2 aromatic rings. The smallest absolute Gasteiger partial charge is 0.408 e. The van der Waals surface area contributed by atoms with E-state index in [-0.39, 0.29) is 18.4 Å². The molecule has 8 nitrogen and oxygen atoms in total. The van der Waals surface area contributed by atoms with Crippen molar-refractivity contribution in [2.24, 2.45) is 0 Å². The van der Waals surface area contributed by atoms with E-state index in [1.54, 1.807) is 63.9 Å². The molecule has 0 radical (unpaired) electrons. The van der Waals surface area contributed by atoms with Crippen molar-refractivity contribution in [2.75, 3.05) is 31.0 Å². The van der Waals surface area contributed by atoms with Crippen molar-refractivity contribution in [2.45, 2.75) is 65.1 Å². The van der Waals surface area contributed by atoms with Crippen molar-refractivity contribution in [1.29, 1.82) is 0 Å². The van der Waals surface area contributed by atoms with Gasteiger partial charge in [0, 0.05) is 12.2 Å². The van der Waals surface area contributed by atoms with Gasteiger partial charge in [-0.2, -0.15) is 11.8 Å². The minimum atomic E-state index is -0.905. The van der Waals surface area contributed by atoms with Crippen molar-refractivity contribution in [3.63, 3.8) is 0 Å². The number of carbonyl (C=O) groups is 3. The molecule has 2 N–H and O–H groups in total. The zero-order valence-electron chi connectivity index (χ0n) is 23.5. The number of rotatable bonds is 12. The number of ether oxygens (including phenoxy) is 2. The van der Waals surface area contributed by atoms with Gasteiger partial charge in [-0.3, -0.25) is 9.59 Å². The fourth-order valence-electron chi connectivity index (χ4n) is 3.90. The summed E-state index contributed by atoms with van der Waals surface area (Å²) in [6.07, 6.45) is 2.53. The minimum Gasteiger partial charge on any atom is -0.497 e. The first-order valence-electron chi connectivity index (χ1n) is 12.9. The summed E-state index contributed by atoms with van der Waals surface area (Å²) in [5, 5.41) is 5.68. The fraction of sp³-hybridized carbons (Fsp3) is 0.483. The summed E-state index contributed by atoms with van der Waals surface area (Å²) < 4.78 is 10.6. The van der Waals surface area contributed by atoms with Gasteiger partial charge < -0.3 is 25.0 Å². The average Bonchev–Trinajstić information content (AvgIpc) is 2.88. The Morgan fingerprint density at radius 2 is 1.63 bits per heavy atom. The Kier molecular flexibility index (Phi) is 12.0.